The number of amides is 1. The van der Waals surface area contributed by atoms with E-state index in [4.69, 9.17) is 4.74 Å². The Morgan fingerprint density at radius 3 is 2.81 bits per heavy atom. The number of nitrogens with zero attached hydrogens (tertiary/aromatic N) is 2. The first-order valence-corrected chi connectivity index (χ1v) is 9.80. The van der Waals surface area contributed by atoms with Crippen LogP contribution in [0.15, 0.2) is 41.4 Å². The van der Waals surface area contributed by atoms with Crippen LogP contribution in [0.5, 0.6) is 0 Å². The number of fused-ring (bicyclic) bond motifs is 1. The van der Waals surface area contributed by atoms with E-state index in [1.807, 2.05) is 43.5 Å². The first-order chi connectivity index (χ1) is 13.0. The van der Waals surface area contributed by atoms with Gasteiger partial charge in [-0.3, -0.25) is 4.79 Å². The third-order valence-electron chi connectivity index (χ3n) is 4.37. The highest BCUT2D eigenvalue weighted by atomic mass is 32.1. The number of ether oxygens (including phenoxy) is 1. The maximum Gasteiger partial charge on any atom is 0.252 e. The predicted molar refractivity (Wildman–Crippen MR) is 106 cm³/mol. The van der Waals surface area contributed by atoms with E-state index in [-0.39, 0.29) is 18.1 Å². The average Bonchev–Trinajstić information content (AvgIpc) is 2.94. The SMILES string of the molecule is CCOCCn1c(=NC(=O)Cc2cc(C)ccc2C)sc2cc(F)ccc21. The summed E-state index contributed by atoms with van der Waals surface area (Å²) in [4.78, 5) is 17.5. The lowest BCUT2D eigenvalue weighted by molar-refractivity contribution is -0.117. The smallest absolute Gasteiger partial charge is 0.252 e. The van der Waals surface area contributed by atoms with Gasteiger partial charge in [0.2, 0.25) is 0 Å². The summed E-state index contributed by atoms with van der Waals surface area (Å²) in [5.74, 6) is -0.505. The molecule has 1 amide bonds. The van der Waals surface area contributed by atoms with Crippen molar-refractivity contribution in [1.29, 1.82) is 0 Å². The molecule has 1 heterocycles. The number of hydrogen-bond donors (Lipinski definition) is 0. The molecule has 0 aliphatic rings. The highest BCUT2D eigenvalue weighted by Crippen LogP contribution is 2.19. The van der Waals surface area contributed by atoms with Crippen LogP contribution in [0.2, 0.25) is 0 Å². The average molecular weight is 386 g/mol. The summed E-state index contributed by atoms with van der Waals surface area (Å²) in [7, 11) is 0. The molecule has 3 aromatic rings. The number of benzene rings is 2. The molecule has 0 saturated carbocycles. The zero-order chi connectivity index (χ0) is 19.4. The molecule has 0 atom stereocenters. The number of hydrogen-bond acceptors (Lipinski definition) is 3. The quantitative estimate of drug-likeness (QED) is 0.597. The molecule has 0 aliphatic heterocycles. The van der Waals surface area contributed by atoms with Crippen molar-refractivity contribution < 1.29 is 13.9 Å². The van der Waals surface area contributed by atoms with Gasteiger partial charge in [0.1, 0.15) is 5.82 Å². The molecule has 0 aliphatic carbocycles. The molecular weight excluding hydrogens is 363 g/mol. The van der Waals surface area contributed by atoms with E-state index < -0.39 is 0 Å². The van der Waals surface area contributed by atoms with E-state index in [9.17, 15) is 9.18 Å². The van der Waals surface area contributed by atoms with Crippen LogP contribution >= 0.6 is 11.3 Å². The third-order valence-corrected chi connectivity index (χ3v) is 5.42. The topological polar surface area (TPSA) is 43.6 Å². The van der Waals surface area contributed by atoms with E-state index in [2.05, 4.69) is 4.99 Å². The molecule has 0 unspecified atom stereocenters. The first-order valence-electron chi connectivity index (χ1n) is 8.98. The fourth-order valence-corrected chi connectivity index (χ4v) is 4.05. The van der Waals surface area contributed by atoms with Crippen molar-refractivity contribution in [2.45, 2.75) is 33.7 Å². The van der Waals surface area contributed by atoms with Gasteiger partial charge < -0.3 is 9.30 Å². The lowest BCUT2D eigenvalue weighted by Crippen LogP contribution is -2.20. The molecule has 0 N–H and O–H groups in total. The molecular formula is C21H23FN2O2S. The molecule has 3 rings (SSSR count). The van der Waals surface area contributed by atoms with Crippen LogP contribution < -0.4 is 4.80 Å². The van der Waals surface area contributed by atoms with Gasteiger partial charge in [-0.2, -0.15) is 4.99 Å². The zero-order valence-corrected chi connectivity index (χ0v) is 16.6. The molecule has 6 heteroatoms. The Morgan fingerprint density at radius 1 is 1.22 bits per heavy atom. The van der Waals surface area contributed by atoms with Gasteiger partial charge in [-0.05, 0) is 50.1 Å². The van der Waals surface area contributed by atoms with Gasteiger partial charge >= 0.3 is 0 Å². The highest BCUT2D eigenvalue weighted by Gasteiger charge is 2.10. The first kappa shape index (κ1) is 19.5. The summed E-state index contributed by atoms with van der Waals surface area (Å²) in [5, 5.41) is 0. The normalized spacial score (nSPS) is 12.1. The van der Waals surface area contributed by atoms with Crippen molar-refractivity contribution in [2.75, 3.05) is 13.2 Å². The maximum atomic E-state index is 13.6. The highest BCUT2D eigenvalue weighted by molar-refractivity contribution is 7.16. The molecule has 1 aromatic heterocycles. The summed E-state index contributed by atoms with van der Waals surface area (Å²) < 4.78 is 21.7. The van der Waals surface area contributed by atoms with E-state index in [0.717, 1.165) is 26.9 Å². The summed E-state index contributed by atoms with van der Waals surface area (Å²) >= 11 is 1.32. The van der Waals surface area contributed by atoms with Crippen molar-refractivity contribution in [2.24, 2.45) is 4.99 Å². The fraction of sp³-hybridized carbons (Fsp3) is 0.333. The van der Waals surface area contributed by atoms with Crippen molar-refractivity contribution >= 4 is 27.5 Å². The standard InChI is InChI=1S/C21H23FN2O2S/c1-4-26-10-9-24-18-8-7-17(22)13-19(18)27-21(24)23-20(25)12-16-11-14(2)5-6-15(16)3/h5-8,11,13H,4,9-10,12H2,1-3H3. The van der Waals surface area contributed by atoms with Crippen molar-refractivity contribution in [3.05, 3.63) is 63.7 Å². The number of carbonyl (C=O) groups is 1. The molecule has 4 nitrogen and oxygen atoms in total. The van der Waals surface area contributed by atoms with Crippen LogP contribution in [0.3, 0.4) is 0 Å². The Balaban J connectivity index is 1.96. The van der Waals surface area contributed by atoms with Crippen LogP contribution in [-0.4, -0.2) is 23.7 Å². The van der Waals surface area contributed by atoms with E-state index in [1.54, 1.807) is 6.07 Å². The maximum absolute atomic E-state index is 13.6. The van der Waals surface area contributed by atoms with Gasteiger partial charge in [-0.25, -0.2) is 4.39 Å². The minimum absolute atomic E-state index is 0.208. The Labute approximate surface area is 161 Å². The molecule has 0 saturated heterocycles. The Kier molecular flexibility index (Phi) is 6.19. The summed E-state index contributed by atoms with van der Waals surface area (Å²) in [6.45, 7) is 7.63. The van der Waals surface area contributed by atoms with Gasteiger partial charge in [-0.15, -0.1) is 0 Å². The fourth-order valence-electron chi connectivity index (χ4n) is 2.95. The second-order valence-electron chi connectivity index (χ2n) is 6.46. The number of aromatic nitrogens is 1. The molecule has 2 aromatic carbocycles. The monoisotopic (exact) mass is 386 g/mol. The van der Waals surface area contributed by atoms with E-state index >= 15 is 0 Å². The van der Waals surface area contributed by atoms with Gasteiger partial charge in [0, 0.05) is 13.2 Å². The third kappa shape index (κ3) is 4.70. The molecule has 142 valence electrons. The molecule has 0 bridgehead atoms. The second kappa shape index (κ2) is 8.59. The van der Waals surface area contributed by atoms with Crippen LogP contribution in [0.1, 0.15) is 23.6 Å². The largest absolute Gasteiger partial charge is 0.380 e. The predicted octanol–water partition coefficient (Wildman–Crippen LogP) is 4.17. The molecule has 0 fully saturated rings. The van der Waals surface area contributed by atoms with Gasteiger partial charge in [-0.1, -0.05) is 35.1 Å². The summed E-state index contributed by atoms with van der Waals surface area (Å²) in [6, 6.07) is 10.7. The summed E-state index contributed by atoms with van der Waals surface area (Å²) in [6.07, 6.45) is 0.252. The second-order valence-corrected chi connectivity index (χ2v) is 7.47. The Morgan fingerprint density at radius 2 is 2.04 bits per heavy atom. The van der Waals surface area contributed by atoms with E-state index in [1.165, 1.54) is 23.5 Å². The van der Waals surface area contributed by atoms with Crippen molar-refractivity contribution in [3.63, 3.8) is 0 Å². The summed E-state index contributed by atoms with van der Waals surface area (Å²) in [5.41, 5.74) is 4.04. The van der Waals surface area contributed by atoms with Gasteiger partial charge in [0.25, 0.3) is 5.91 Å². The van der Waals surface area contributed by atoms with Gasteiger partial charge in [0.15, 0.2) is 4.80 Å². The van der Waals surface area contributed by atoms with E-state index in [0.29, 0.717) is 24.6 Å². The van der Waals surface area contributed by atoms with Crippen molar-refractivity contribution in [3.8, 4) is 0 Å². The Hall–Kier alpha value is -2.31. The Bertz CT molecular complexity index is 1040. The van der Waals surface area contributed by atoms with Gasteiger partial charge in [0.05, 0.1) is 23.2 Å². The lowest BCUT2D eigenvalue weighted by atomic mass is 10.0. The number of rotatable bonds is 6. The number of carbonyl (C=O) groups excluding carboxylic acids is 1. The molecule has 0 radical (unpaired) electrons. The number of halogens is 1. The molecule has 27 heavy (non-hydrogen) atoms. The minimum Gasteiger partial charge on any atom is -0.380 e. The van der Waals surface area contributed by atoms with Crippen LogP contribution in [0.25, 0.3) is 10.2 Å². The number of aryl methyl sites for hydroxylation is 2. The zero-order valence-electron chi connectivity index (χ0n) is 15.8. The van der Waals surface area contributed by atoms with Crippen LogP contribution in [-0.2, 0) is 22.5 Å². The lowest BCUT2D eigenvalue weighted by Gasteiger charge is -2.06. The number of thiazole rings is 1. The van der Waals surface area contributed by atoms with Crippen LogP contribution in [0.4, 0.5) is 4.39 Å². The van der Waals surface area contributed by atoms with Crippen LogP contribution in [0, 0.1) is 19.7 Å². The van der Waals surface area contributed by atoms with Crippen molar-refractivity contribution in [1.82, 2.24) is 4.57 Å². The minimum atomic E-state index is -0.297. The molecule has 0 spiro atoms.